The number of amides is 1. The monoisotopic (exact) mass is 472 g/mol. The third kappa shape index (κ3) is 4.99. The number of benzene rings is 3. The zero-order valence-corrected chi connectivity index (χ0v) is 19.3. The number of imidazole rings is 1. The molecule has 1 aliphatic rings. The number of nitrogens with two attached hydrogens (primary N) is 1. The second kappa shape index (κ2) is 10.2. The fraction of sp³-hybridized carbons (Fsp3) is 0.259. The van der Waals surface area contributed by atoms with Crippen LogP contribution in [0.5, 0.6) is 5.75 Å². The predicted octanol–water partition coefficient (Wildman–Crippen LogP) is 3.85. The van der Waals surface area contributed by atoms with Crippen molar-refractivity contribution in [2.45, 2.75) is 31.7 Å². The number of hydrogen-bond acceptors (Lipinski definition) is 6. The van der Waals surface area contributed by atoms with Crippen molar-refractivity contribution in [1.29, 1.82) is 0 Å². The summed E-state index contributed by atoms with van der Waals surface area (Å²) in [5, 5.41) is 13.0. The van der Waals surface area contributed by atoms with Gasteiger partial charge in [-0.25, -0.2) is 4.98 Å². The van der Waals surface area contributed by atoms with Gasteiger partial charge in [0.05, 0.1) is 23.7 Å². The van der Waals surface area contributed by atoms with Gasteiger partial charge in [0, 0.05) is 12.1 Å². The molecule has 3 aromatic carbocycles. The lowest BCUT2D eigenvalue weighted by Gasteiger charge is -2.18. The molecule has 0 bridgehead atoms. The SMILES string of the molecule is NC(=O)COc1cc(CNc2nc3ccccc3n2[C@H]2CC[C@@H](CO)O2)ccc1-c1ccccc1. The molecule has 0 aliphatic carbocycles. The highest BCUT2D eigenvalue weighted by Crippen LogP contribution is 2.35. The molecule has 0 radical (unpaired) electrons. The van der Waals surface area contributed by atoms with Crippen LogP contribution in [0.3, 0.4) is 0 Å². The Labute approximate surface area is 203 Å². The highest BCUT2D eigenvalue weighted by molar-refractivity contribution is 5.79. The highest BCUT2D eigenvalue weighted by Gasteiger charge is 2.29. The van der Waals surface area contributed by atoms with E-state index in [0.29, 0.717) is 18.2 Å². The molecule has 5 rings (SSSR count). The average molecular weight is 473 g/mol. The van der Waals surface area contributed by atoms with Crippen LogP contribution in [0.25, 0.3) is 22.2 Å². The van der Waals surface area contributed by atoms with Gasteiger partial charge in [-0.3, -0.25) is 9.36 Å². The van der Waals surface area contributed by atoms with Gasteiger partial charge in [0.25, 0.3) is 5.91 Å². The maximum Gasteiger partial charge on any atom is 0.255 e. The summed E-state index contributed by atoms with van der Waals surface area (Å²) < 4.78 is 13.9. The van der Waals surface area contributed by atoms with Crippen molar-refractivity contribution in [2.24, 2.45) is 5.73 Å². The summed E-state index contributed by atoms with van der Waals surface area (Å²) in [6.45, 7) is 0.298. The maximum atomic E-state index is 11.4. The van der Waals surface area contributed by atoms with Gasteiger partial charge < -0.3 is 25.6 Å². The standard InChI is InChI=1S/C27H28N4O4/c28-25(33)17-34-24-14-18(10-12-21(24)19-6-2-1-3-7-19)15-29-27-30-22-8-4-5-9-23(22)31(27)26-13-11-20(16-32)35-26/h1-10,12,14,20,26,32H,11,13,15-17H2,(H2,28,33)(H,29,30)/t20-,26+/m0/s1. The topological polar surface area (TPSA) is 112 Å². The summed E-state index contributed by atoms with van der Waals surface area (Å²) >= 11 is 0. The number of carbonyl (C=O) groups is 1. The van der Waals surface area contributed by atoms with Gasteiger partial charge in [0.2, 0.25) is 5.95 Å². The lowest BCUT2D eigenvalue weighted by atomic mass is 10.0. The van der Waals surface area contributed by atoms with Crippen LogP contribution < -0.4 is 15.8 Å². The minimum absolute atomic E-state index is 0.00767. The van der Waals surface area contributed by atoms with Gasteiger partial charge in [-0.2, -0.15) is 0 Å². The number of nitrogens with one attached hydrogen (secondary N) is 1. The summed E-state index contributed by atoms with van der Waals surface area (Å²) in [6.07, 6.45) is 1.24. The Morgan fingerprint density at radius 1 is 1.11 bits per heavy atom. The van der Waals surface area contributed by atoms with Crippen LogP contribution in [-0.2, 0) is 16.1 Å². The van der Waals surface area contributed by atoms with E-state index in [0.717, 1.165) is 40.6 Å². The Bertz CT molecular complexity index is 1320. The summed E-state index contributed by atoms with van der Waals surface area (Å²) in [4.78, 5) is 16.1. The van der Waals surface area contributed by atoms with Gasteiger partial charge in [0.1, 0.15) is 12.0 Å². The number of anilines is 1. The molecule has 35 heavy (non-hydrogen) atoms. The lowest BCUT2D eigenvalue weighted by molar-refractivity contribution is -0.119. The van der Waals surface area contributed by atoms with Crippen LogP contribution in [0.1, 0.15) is 24.6 Å². The number of hydrogen-bond donors (Lipinski definition) is 3. The molecular formula is C27H28N4O4. The number of ether oxygens (including phenoxy) is 2. The molecule has 2 heterocycles. The van der Waals surface area contributed by atoms with Crippen molar-refractivity contribution in [3.63, 3.8) is 0 Å². The van der Waals surface area contributed by atoms with E-state index < -0.39 is 5.91 Å². The first-order valence-electron chi connectivity index (χ1n) is 11.7. The quantitative estimate of drug-likeness (QED) is 0.341. The average Bonchev–Trinajstić information content (AvgIpc) is 3.50. The number of primary amides is 1. The number of nitrogens with zero attached hydrogens (tertiary/aromatic N) is 2. The van der Waals surface area contributed by atoms with Crippen LogP contribution in [0.4, 0.5) is 5.95 Å². The first-order valence-corrected chi connectivity index (χ1v) is 11.7. The molecule has 4 aromatic rings. The van der Waals surface area contributed by atoms with E-state index in [4.69, 9.17) is 20.2 Å². The number of aliphatic hydroxyl groups excluding tert-OH is 1. The molecular weight excluding hydrogens is 444 g/mol. The van der Waals surface area contributed by atoms with Gasteiger partial charge in [-0.05, 0) is 42.2 Å². The van der Waals surface area contributed by atoms with Gasteiger partial charge >= 0.3 is 0 Å². The Kier molecular flexibility index (Phi) is 6.65. The number of aromatic nitrogens is 2. The smallest absolute Gasteiger partial charge is 0.255 e. The van der Waals surface area contributed by atoms with Crippen molar-refractivity contribution in [2.75, 3.05) is 18.5 Å². The second-order valence-electron chi connectivity index (χ2n) is 8.57. The molecule has 8 heteroatoms. The fourth-order valence-electron chi connectivity index (χ4n) is 4.45. The normalized spacial score (nSPS) is 17.5. The molecule has 0 unspecified atom stereocenters. The molecule has 2 atom stereocenters. The van der Waals surface area contributed by atoms with Gasteiger partial charge in [-0.15, -0.1) is 0 Å². The van der Waals surface area contributed by atoms with Crippen LogP contribution in [-0.4, -0.2) is 39.9 Å². The summed E-state index contributed by atoms with van der Waals surface area (Å²) in [7, 11) is 0. The number of fused-ring (bicyclic) bond motifs is 1. The fourth-order valence-corrected chi connectivity index (χ4v) is 4.45. The van der Waals surface area contributed by atoms with E-state index in [1.807, 2.05) is 72.8 Å². The molecule has 1 fully saturated rings. The molecule has 180 valence electrons. The Morgan fingerprint density at radius 3 is 2.69 bits per heavy atom. The molecule has 4 N–H and O–H groups in total. The molecule has 0 spiro atoms. The second-order valence-corrected chi connectivity index (χ2v) is 8.57. The highest BCUT2D eigenvalue weighted by atomic mass is 16.5. The van der Waals surface area contributed by atoms with Crippen LogP contribution in [0.2, 0.25) is 0 Å². The van der Waals surface area contributed by atoms with Crippen LogP contribution >= 0.6 is 0 Å². The lowest BCUT2D eigenvalue weighted by Crippen LogP contribution is -2.20. The molecule has 1 saturated heterocycles. The Balaban J connectivity index is 1.42. The van der Waals surface area contributed by atoms with Crippen LogP contribution in [0, 0.1) is 0 Å². The maximum absolute atomic E-state index is 11.4. The first kappa shape index (κ1) is 22.9. The number of carbonyl (C=O) groups excluding carboxylic acids is 1. The molecule has 1 aromatic heterocycles. The van der Waals surface area contributed by atoms with Crippen LogP contribution in [0.15, 0.2) is 72.8 Å². The van der Waals surface area contributed by atoms with E-state index in [2.05, 4.69) is 9.88 Å². The van der Waals surface area contributed by atoms with E-state index in [1.54, 1.807) is 0 Å². The van der Waals surface area contributed by atoms with E-state index >= 15 is 0 Å². The largest absolute Gasteiger partial charge is 0.483 e. The van der Waals surface area contributed by atoms with E-state index in [-0.39, 0.29) is 25.5 Å². The van der Waals surface area contributed by atoms with Crippen molar-refractivity contribution in [3.05, 3.63) is 78.4 Å². The third-order valence-electron chi connectivity index (χ3n) is 6.12. The zero-order valence-electron chi connectivity index (χ0n) is 19.3. The first-order chi connectivity index (χ1) is 17.1. The van der Waals surface area contributed by atoms with Gasteiger partial charge in [-0.1, -0.05) is 54.6 Å². The molecule has 8 nitrogen and oxygen atoms in total. The molecule has 1 aliphatic heterocycles. The number of para-hydroxylation sites is 2. The minimum Gasteiger partial charge on any atom is -0.483 e. The predicted molar refractivity (Wildman–Crippen MR) is 134 cm³/mol. The summed E-state index contributed by atoms with van der Waals surface area (Å²) in [5.74, 6) is 0.758. The van der Waals surface area contributed by atoms with Crippen molar-refractivity contribution < 1.29 is 19.4 Å². The van der Waals surface area contributed by atoms with Gasteiger partial charge in [0.15, 0.2) is 6.61 Å². The van der Waals surface area contributed by atoms with Crippen molar-refractivity contribution in [3.8, 4) is 16.9 Å². The van der Waals surface area contributed by atoms with E-state index in [9.17, 15) is 9.90 Å². The van der Waals surface area contributed by atoms with Crippen molar-refractivity contribution in [1.82, 2.24) is 9.55 Å². The molecule has 1 amide bonds. The number of rotatable bonds is 9. The summed E-state index contributed by atoms with van der Waals surface area (Å²) in [5.41, 5.74) is 10.0. The molecule has 0 saturated carbocycles. The van der Waals surface area contributed by atoms with Crippen molar-refractivity contribution >= 4 is 22.9 Å². The third-order valence-corrected chi connectivity index (χ3v) is 6.12. The van der Waals surface area contributed by atoms with E-state index in [1.165, 1.54) is 0 Å². The Morgan fingerprint density at radius 2 is 1.91 bits per heavy atom. The summed E-state index contributed by atoms with van der Waals surface area (Å²) in [6, 6.07) is 23.7. The Hall–Kier alpha value is -3.88. The number of aliphatic hydroxyl groups is 1. The minimum atomic E-state index is -0.529. The zero-order chi connectivity index (χ0) is 24.2.